The van der Waals surface area contributed by atoms with Gasteiger partial charge in [-0.3, -0.25) is 0 Å². The quantitative estimate of drug-likeness (QED) is 0.742. The van der Waals surface area contributed by atoms with Crippen LogP contribution in [0, 0.1) is 5.92 Å². The second-order valence-electron chi connectivity index (χ2n) is 4.09. The molecule has 0 amide bonds. The van der Waals surface area contributed by atoms with Gasteiger partial charge in [0.15, 0.2) is 0 Å². The summed E-state index contributed by atoms with van der Waals surface area (Å²) in [6.45, 7) is 1.94. The third kappa shape index (κ3) is 2.73. The highest BCUT2D eigenvalue weighted by Crippen LogP contribution is 2.24. The van der Waals surface area contributed by atoms with Crippen LogP contribution in [0.3, 0.4) is 0 Å². The van der Waals surface area contributed by atoms with Gasteiger partial charge in [-0.2, -0.15) is 15.0 Å². The Morgan fingerprint density at radius 1 is 1.47 bits per heavy atom. The number of methoxy groups -OCH3 is 1. The predicted octanol–water partition coefficient (Wildman–Crippen LogP) is -0.329. The largest absolute Gasteiger partial charge is 0.467 e. The lowest BCUT2D eigenvalue weighted by atomic mass is 10.1. The van der Waals surface area contributed by atoms with Gasteiger partial charge in [0, 0.05) is 19.7 Å². The lowest BCUT2D eigenvalue weighted by molar-refractivity contribution is 0.263. The van der Waals surface area contributed by atoms with E-state index in [-0.39, 0.29) is 18.6 Å². The van der Waals surface area contributed by atoms with Crippen LogP contribution in [-0.4, -0.2) is 46.9 Å². The van der Waals surface area contributed by atoms with E-state index in [0.717, 1.165) is 25.9 Å². The number of anilines is 2. The molecular weight excluding hydrogens is 222 g/mol. The number of hydrogen-bond acceptors (Lipinski definition) is 7. The first-order valence-electron chi connectivity index (χ1n) is 5.64. The van der Waals surface area contributed by atoms with E-state index in [4.69, 9.17) is 15.6 Å². The van der Waals surface area contributed by atoms with Crippen molar-refractivity contribution in [2.75, 3.05) is 37.4 Å². The van der Waals surface area contributed by atoms with E-state index in [0.29, 0.717) is 11.9 Å². The summed E-state index contributed by atoms with van der Waals surface area (Å²) in [5, 5.41) is 8.91. The number of aromatic nitrogens is 3. The highest BCUT2D eigenvalue weighted by molar-refractivity contribution is 5.37. The topological polar surface area (TPSA) is 97.4 Å². The molecule has 1 aromatic heterocycles. The number of nitrogens with two attached hydrogens (primary N) is 1. The Hall–Kier alpha value is -1.63. The van der Waals surface area contributed by atoms with E-state index < -0.39 is 0 Å². The molecule has 17 heavy (non-hydrogen) atoms. The summed E-state index contributed by atoms with van der Waals surface area (Å²) >= 11 is 0. The molecule has 1 fully saturated rings. The SMILES string of the molecule is COc1nc(N)nc(N2CCC(CCO)C2)n1. The molecule has 2 heterocycles. The lowest BCUT2D eigenvalue weighted by Crippen LogP contribution is -2.23. The van der Waals surface area contributed by atoms with Crippen LogP contribution < -0.4 is 15.4 Å². The van der Waals surface area contributed by atoms with Gasteiger partial charge in [-0.15, -0.1) is 0 Å². The number of ether oxygens (including phenoxy) is 1. The monoisotopic (exact) mass is 239 g/mol. The maximum atomic E-state index is 8.91. The van der Waals surface area contributed by atoms with Gasteiger partial charge in [0.25, 0.3) is 0 Å². The summed E-state index contributed by atoms with van der Waals surface area (Å²) in [4.78, 5) is 14.2. The molecule has 7 heteroatoms. The van der Waals surface area contributed by atoms with Gasteiger partial charge in [-0.1, -0.05) is 0 Å². The van der Waals surface area contributed by atoms with E-state index in [9.17, 15) is 0 Å². The average molecular weight is 239 g/mol. The summed E-state index contributed by atoms with van der Waals surface area (Å²) < 4.78 is 4.96. The van der Waals surface area contributed by atoms with Crippen molar-refractivity contribution in [2.45, 2.75) is 12.8 Å². The van der Waals surface area contributed by atoms with Gasteiger partial charge in [-0.25, -0.2) is 0 Å². The predicted molar refractivity (Wildman–Crippen MR) is 62.8 cm³/mol. The second-order valence-corrected chi connectivity index (χ2v) is 4.09. The average Bonchev–Trinajstić information content (AvgIpc) is 2.77. The minimum absolute atomic E-state index is 0.164. The molecule has 0 bridgehead atoms. The summed E-state index contributed by atoms with van der Waals surface area (Å²) in [5.74, 6) is 1.20. The fourth-order valence-corrected chi connectivity index (χ4v) is 2.03. The van der Waals surface area contributed by atoms with E-state index >= 15 is 0 Å². The summed E-state index contributed by atoms with van der Waals surface area (Å²) in [6.07, 6.45) is 1.85. The number of aliphatic hydroxyl groups is 1. The second kappa shape index (κ2) is 5.13. The molecule has 0 spiro atoms. The molecule has 1 saturated heterocycles. The van der Waals surface area contributed by atoms with Crippen LogP contribution in [0.2, 0.25) is 0 Å². The van der Waals surface area contributed by atoms with Gasteiger partial charge >= 0.3 is 6.01 Å². The van der Waals surface area contributed by atoms with Crippen molar-refractivity contribution in [1.29, 1.82) is 0 Å². The van der Waals surface area contributed by atoms with Crippen LogP contribution in [0.4, 0.5) is 11.9 Å². The molecule has 1 aromatic rings. The standard InChI is InChI=1S/C10H17N5O2/c1-17-10-13-8(11)12-9(14-10)15-4-2-7(6-15)3-5-16/h7,16H,2-6H2,1H3,(H2,11,12,13,14). The molecule has 94 valence electrons. The molecule has 1 aliphatic heterocycles. The Kier molecular flexibility index (Phi) is 3.58. The van der Waals surface area contributed by atoms with Gasteiger partial charge in [-0.05, 0) is 18.8 Å². The van der Waals surface area contributed by atoms with Crippen LogP contribution in [0.1, 0.15) is 12.8 Å². The molecule has 0 saturated carbocycles. The van der Waals surface area contributed by atoms with Crippen molar-refractivity contribution in [3.05, 3.63) is 0 Å². The third-order valence-corrected chi connectivity index (χ3v) is 2.91. The first-order chi connectivity index (χ1) is 8.22. The van der Waals surface area contributed by atoms with Crippen LogP contribution >= 0.6 is 0 Å². The Morgan fingerprint density at radius 3 is 3.00 bits per heavy atom. The van der Waals surface area contributed by atoms with Gasteiger partial charge < -0.3 is 20.5 Å². The van der Waals surface area contributed by atoms with Crippen molar-refractivity contribution >= 4 is 11.9 Å². The first kappa shape index (κ1) is 11.8. The minimum Gasteiger partial charge on any atom is -0.467 e. The van der Waals surface area contributed by atoms with Crippen LogP contribution in [-0.2, 0) is 0 Å². The molecule has 3 N–H and O–H groups in total. The van der Waals surface area contributed by atoms with E-state index in [1.165, 1.54) is 7.11 Å². The zero-order valence-corrected chi connectivity index (χ0v) is 9.83. The molecule has 1 atom stereocenters. The molecule has 7 nitrogen and oxygen atoms in total. The van der Waals surface area contributed by atoms with Gasteiger partial charge in [0.1, 0.15) is 0 Å². The number of rotatable bonds is 4. The lowest BCUT2D eigenvalue weighted by Gasteiger charge is -2.16. The van der Waals surface area contributed by atoms with Gasteiger partial charge in [0.05, 0.1) is 7.11 Å². The minimum atomic E-state index is 0.164. The van der Waals surface area contributed by atoms with E-state index in [2.05, 4.69) is 15.0 Å². The number of hydrogen-bond donors (Lipinski definition) is 2. The fraction of sp³-hybridized carbons (Fsp3) is 0.700. The normalized spacial score (nSPS) is 19.6. The zero-order valence-electron chi connectivity index (χ0n) is 9.83. The summed E-state index contributed by atoms with van der Waals surface area (Å²) in [6, 6.07) is 0.234. The maximum Gasteiger partial charge on any atom is 0.322 e. The van der Waals surface area contributed by atoms with E-state index in [1.54, 1.807) is 0 Å². The summed E-state index contributed by atoms with van der Waals surface area (Å²) in [5.41, 5.74) is 5.59. The van der Waals surface area contributed by atoms with Crippen LogP contribution in [0.5, 0.6) is 6.01 Å². The Balaban J connectivity index is 2.10. The van der Waals surface area contributed by atoms with Crippen LogP contribution in [0.15, 0.2) is 0 Å². The number of nitrogen functional groups attached to an aromatic ring is 1. The zero-order chi connectivity index (χ0) is 12.3. The van der Waals surface area contributed by atoms with Crippen molar-refractivity contribution < 1.29 is 9.84 Å². The van der Waals surface area contributed by atoms with Crippen molar-refractivity contribution in [1.82, 2.24) is 15.0 Å². The molecule has 0 radical (unpaired) electrons. The molecule has 1 aliphatic rings. The first-order valence-corrected chi connectivity index (χ1v) is 5.64. The highest BCUT2D eigenvalue weighted by Gasteiger charge is 2.24. The number of nitrogens with zero attached hydrogens (tertiary/aromatic N) is 4. The fourth-order valence-electron chi connectivity index (χ4n) is 2.03. The molecular formula is C10H17N5O2. The Bertz CT molecular complexity index is 387. The molecule has 0 aromatic carbocycles. The Morgan fingerprint density at radius 2 is 2.29 bits per heavy atom. The molecule has 0 aliphatic carbocycles. The molecule has 1 unspecified atom stereocenters. The smallest absolute Gasteiger partial charge is 0.322 e. The van der Waals surface area contributed by atoms with Crippen molar-refractivity contribution in [3.63, 3.8) is 0 Å². The molecule has 2 rings (SSSR count). The van der Waals surface area contributed by atoms with Gasteiger partial charge in [0.2, 0.25) is 11.9 Å². The number of aliphatic hydroxyl groups excluding tert-OH is 1. The van der Waals surface area contributed by atoms with Crippen molar-refractivity contribution in [3.8, 4) is 6.01 Å². The Labute approximate surface area is 99.6 Å². The maximum absolute atomic E-state index is 8.91. The third-order valence-electron chi connectivity index (χ3n) is 2.91. The van der Waals surface area contributed by atoms with E-state index in [1.807, 2.05) is 4.90 Å². The van der Waals surface area contributed by atoms with Crippen molar-refractivity contribution in [2.24, 2.45) is 5.92 Å². The van der Waals surface area contributed by atoms with Crippen LogP contribution in [0.25, 0.3) is 0 Å². The highest BCUT2D eigenvalue weighted by atomic mass is 16.5. The summed E-state index contributed by atoms with van der Waals surface area (Å²) in [7, 11) is 1.50.